The molecule has 0 radical (unpaired) electrons. The van der Waals surface area contributed by atoms with Crippen LogP contribution in [0, 0.1) is 0 Å². The molecule has 0 fully saturated rings. The molecule has 0 unspecified atom stereocenters. The highest BCUT2D eigenvalue weighted by Crippen LogP contribution is 2.35. The first-order valence-corrected chi connectivity index (χ1v) is 11.0. The third kappa shape index (κ3) is 5.03. The number of aryl methyl sites for hydroxylation is 1. The lowest BCUT2D eigenvalue weighted by molar-refractivity contribution is -0.137. The predicted octanol–water partition coefficient (Wildman–Crippen LogP) is 5.11. The monoisotopic (exact) mass is 469 g/mol. The molecular formula is C25H24ClNO6. The van der Waals surface area contributed by atoms with E-state index in [-0.39, 0.29) is 16.4 Å². The summed E-state index contributed by atoms with van der Waals surface area (Å²) in [7, 11) is 0. The summed E-state index contributed by atoms with van der Waals surface area (Å²) >= 11 is 6.42. The molecule has 2 aromatic carbocycles. The maximum atomic E-state index is 13.1. The molecule has 0 saturated heterocycles. The molecule has 1 aliphatic carbocycles. The van der Waals surface area contributed by atoms with Crippen LogP contribution in [0.1, 0.15) is 49.9 Å². The highest BCUT2D eigenvalue weighted by atomic mass is 35.5. The second-order valence-corrected chi connectivity index (χ2v) is 9.30. The van der Waals surface area contributed by atoms with Crippen molar-refractivity contribution in [2.75, 3.05) is 0 Å². The zero-order chi connectivity index (χ0) is 23.8. The SMILES string of the molecule is CC(C)(C)OC(=O)N[C@@H](C(=O)Oc1cc2oc(=O)c3c(c2cc1Cl)CCC3)c1ccccc1. The number of halogens is 1. The number of ether oxygens (including phenoxy) is 2. The fourth-order valence-electron chi connectivity index (χ4n) is 3.88. The van der Waals surface area contributed by atoms with Crippen molar-refractivity contribution in [1.82, 2.24) is 5.32 Å². The van der Waals surface area contributed by atoms with Crippen LogP contribution in [0.4, 0.5) is 4.79 Å². The van der Waals surface area contributed by atoms with Gasteiger partial charge in [0, 0.05) is 17.0 Å². The van der Waals surface area contributed by atoms with E-state index < -0.39 is 23.7 Å². The Hall–Kier alpha value is -3.32. The van der Waals surface area contributed by atoms with Gasteiger partial charge in [-0.25, -0.2) is 14.4 Å². The zero-order valence-corrected chi connectivity index (χ0v) is 19.3. The van der Waals surface area contributed by atoms with Gasteiger partial charge in [-0.15, -0.1) is 0 Å². The average molecular weight is 470 g/mol. The van der Waals surface area contributed by atoms with E-state index in [1.807, 2.05) is 0 Å². The number of rotatable bonds is 4. The smallest absolute Gasteiger partial charge is 0.408 e. The van der Waals surface area contributed by atoms with Crippen LogP contribution in [0.5, 0.6) is 5.75 Å². The van der Waals surface area contributed by atoms with Crippen LogP contribution in [0.2, 0.25) is 5.02 Å². The number of carbonyl (C=O) groups excluding carboxylic acids is 2. The van der Waals surface area contributed by atoms with Gasteiger partial charge in [0.2, 0.25) is 0 Å². The third-order valence-corrected chi connectivity index (χ3v) is 5.56. The molecular weight excluding hydrogens is 446 g/mol. The van der Waals surface area contributed by atoms with E-state index in [0.717, 1.165) is 23.8 Å². The van der Waals surface area contributed by atoms with Crippen LogP contribution in [-0.4, -0.2) is 17.7 Å². The molecule has 1 aliphatic rings. The maximum Gasteiger partial charge on any atom is 0.408 e. The summed E-state index contributed by atoms with van der Waals surface area (Å²) in [5.41, 5.74) is 1.28. The largest absolute Gasteiger partial charge is 0.444 e. The molecule has 3 aromatic rings. The molecule has 1 atom stereocenters. The summed E-state index contributed by atoms with van der Waals surface area (Å²) in [4.78, 5) is 37.8. The molecule has 1 aromatic heterocycles. The molecule has 0 saturated carbocycles. The van der Waals surface area contributed by atoms with Crippen LogP contribution in [0.15, 0.2) is 51.7 Å². The topological polar surface area (TPSA) is 94.8 Å². The fourth-order valence-corrected chi connectivity index (χ4v) is 4.08. The number of benzene rings is 2. The minimum Gasteiger partial charge on any atom is -0.444 e. The van der Waals surface area contributed by atoms with Crippen LogP contribution >= 0.6 is 11.6 Å². The Morgan fingerprint density at radius 1 is 1.09 bits per heavy atom. The molecule has 0 bridgehead atoms. The van der Waals surface area contributed by atoms with Crippen molar-refractivity contribution in [2.45, 2.75) is 51.7 Å². The molecule has 33 heavy (non-hydrogen) atoms. The number of hydrogen-bond donors (Lipinski definition) is 1. The van der Waals surface area contributed by atoms with Gasteiger partial charge >= 0.3 is 17.7 Å². The van der Waals surface area contributed by atoms with Crippen molar-refractivity contribution in [2.24, 2.45) is 0 Å². The van der Waals surface area contributed by atoms with Gasteiger partial charge in [0.05, 0.1) is 5.02 Å². The molecule has 0 spiro atoms. The molecule has 4 rings (SSSR count). The summed E-state index contributed by atoms with van der Waals surface area (Å²) in [6, 6.07) is 10.6. The van der Waals surface area contributed by atoms with Crippen molar-refractivity contribution < 1.29 is 23.5 Å². The van der Waals surface area contributed by atoms with Crippen LogP contribution in [0.25, 0.3) is 11.0 Å². The highest BCUT2D eigenvalue weighted by Gasteiger charge is 2.29. The molecule has 1 amide bonds. The summed E-state index contributed by atoms with van der Waals surface area (Å²) in [6.07, 6.45) is 1.56. The summed E-state index contributed by atoms with van der Waals surface area (Å²) in [5.74, 6) is -0.737. The molecule has 1 heterocycles. The van der Waals surface area contributed by atoms with Gasteiger partial charge in [0.1, 0.15) is 11.2 Å². The van der Waals surface area contributed by atoms with E-state index in [1.54, 1.807) is 57.2 Å². The number of nitrogens with one attached hydrogen (secondary N) is 1. The lowest BCUT2D eigenvalue weighted by atomic mass is 10.1. The zero-order valence-electron chi connectivity index (χ0n) is 18.6. The summed E-state index contributed by atoms with van der Waals surface area (Å²) < 4.78 is 16.3. The molecule has 0 aliphatic heterocycles. The van der Waals surface area contributed by atoms with Crippen LogP contribution in [-0.2, 0) is 22.4 Å². The van der Waals surface area contributed by atoms with E-state index in [0.29, 0.717) is 23.1 Å². The minimum atomic E-state index is -1.14. The van der Waals surface area contributed by atoms with E-state index >= 15 is 0 Å². The number of hydrogen-bond acceptors (Lipinski definition) is 6. The van der Waals surface area contributed by atoms with Crippen molar-refractivity contribution in [3.05, 3.63) is 74.6 Å². The van der Waals surface area contributed by atoms with Gasteiger partial charge < -0.3 is 19.2 Å². The lowest BCUT2D eigenvalue weighted by Gasteiger charge is -2.23. The Kier molecular flexibility index (Phi) is 6.17. The van der Waals surface area contributed by atoms with E-state index in [4.69, 9.17) is 25.5 Å². The van der Waals surface area contributed by atoms with E-state index in [2.05, 4.69) is 5.32 Å². The lowest BCUT2D eigenvalue weighted by Crippen LogP contribution is -2.39. The minimum absolute atomic E-state index is 0.0298. The molecule has 8 heteroatoms. The molecule has 7 nitrogen and oxygen atoms in total. The maximum absolute atomic E-state index is 13.1. The van der Waals surface area contributed by atoms with Crippen molar-refractivity contribution >= 4 is 34.6 Å². The van der Waals surface area contributed by atoms with Crippen molar-refractivity contribution in [3.63, 3.8) is 0 Å². The quantitative estimate of drug-likeness (QED) is 0.324. The van der Waals surface area contributed by atoms with Crippen molar-refractivity contribution in [3.8, 4) is 5.75 Å². The van der Waals surface area contributed by atoms with E-state index in [9.17, 15) is 14.4 Å². The van der Waals surface area contributed by atoms with Crippen molar-refractivity contribution in [1.29, 1.82) is 0 Å². The first-order valence-electron chi connectivity index (χ1n) is 10.7. The van der Waals surface area contributed by atoms with Gasteiger partial charge in [-0.3, -0.25) is 0 Å². The van der Waals surface area contributed by atoms with Gasteiger partial charge in [-0.1, -0.05) is 41.9 Å². The Bertz CT molecular complexity index is 1280. The Morgan fingerprint density at radius 3 is 2.48 bits per heavy atom. The van der Waals surface area contributed by atoms with Gasteiger partial charge in [-0.2, -0.15) is 0 Å². The fraction of sp³-hybridized carbons (Fsp3) is 0.320. The molecule has 1 N–H and O–H groups in total. The van der Waals surface area contributed by atoms with Crippen LogP contribution < -0.4 is 15.7 Å². The van der Waals surface area contributed by atoms with Gasteiger partial charge in [-0.05, 0) is 57.2 Å². The summed E-state index contributed by atoms with van der Waals surface area (Å²) in [6.45, 7) is 5.17. The first-order chi connectivity index (χ1) is 15.6. The number of carbonyl (C=O) groups is 2. The molecule has 172 valence electrons. The predicted molar refractivity (Wildman–Crippen MR) is 124 cm³/mol. The number of esters is 1. The first kappa shape index (κ1) is 22.9. The number of alkyl carbamates (subject to hydrolysis) is 1. The Labute approximate surface area is 195 Å². The van der Waals surface area contributed by atoms with Gasteiger partial charge in [0.15, 0.2) is 11.8 Å². The third-order valence-electron chi connectivity index (χ3n) is 5.27. The summed E-state index contributed by atoms with van der Waals surface area (Å²) in [5, 5.41) is 3.49. The second kappa shape index (κ2) is 8.90. The normalized spacial score (nSPS) is 13.9. The van der Waals surface area contributed by atoms with E-state index in [1.165, 1.54) is 6.07 Å². The average Bonchev–Trinajstić information content (AvgIpc) is 3.23. The van der Waals surface area contributed by atoms with Gasteiger partial charge in [0.25, 0.3) is 0 Å². The Morgan fingerprint density at radius 2 is 1.79 bits per heavy atom. The standard InChI is InChI=1S/C25H24ClNO6/c1-25(2,3)33-24(30)27-21(14-8-5-4-6-9-14)23(29)32-20-13-19-17(12-18(20)26)15-10-7-11-16(15)22(28)31-19/h4-6,8-9,12-13,21H,7,10-11H2,1-3H3,(H,27,30)/t21-/m1/s1. The number of amides is 1. The Balaban J connectivity index is 1.65. The second-order valence-electron chi connectivity index (χ2n) is 8.89. The number of fused-ring (bicyclic) bond motifs is 3. The van der Waals surface area contributed by atoms with Crippen LogP contribution in [0.3, 0.4) is 0 Å². The highest BCUT2D eigenvalue weighted by molar-refractivity contribution is 6.33.